The van der Waals surface area contributed by atoms with Gasteiger partial charge in [-0.25, -0.2) is 0 Å². The summed E-state index contributed by atoms with van der Waals surface area (Å²) < 4.78 is 0. The van der Waals surface area contributed by atoms with Crippen molar-refractivity contribution < 1.29 is 0 Å². The minimum absolute atomic E-state index is 0.456. The second kappa shape index (κ2) is 9.32. The number of hydrogen-bond acceptors (Lipinski definition) is 3. The Morgan fingerprint density at radius 3 is 1.45 bits per heavy atom. The monoisotopic (exact) mass is 402 g/mol. The van der Waals surface area contributed by atoms with Gasteiger partial charge in [0.2, 0.25) is 0 Å². The molecule has 0 bridgehead atoms. The van der Waals surface area contributed by atoms with Gasteiger partial charge in [-0.15, -0.1) is 11.3 Å². The van der Waals surface area contributed by atoms with Crippen LogP contribution >= 0.6 is 11.3 Å². The molecule has 2 aromatic carbocycles. The Morgan fingerprint density at radius 1 is 0.655 bits per heavy atom. The van der Waals surface area contributed by atoms with Crippen molar-refractivity contribution in [2.24, 2.45) is 9.98 Å². The maximum Gasteiger partial charge on any atom is 0.0693 e. The van der Waals surface area contributed by atoms with E-state index in [4.69, 9.17) is 9.98 Å². The highest BCUT2D eigenvalue weighted by Crippen LogP contribution is 2.31. The Kier molecular flexibility index (Phi) is 6.81. The number of benzene rings is 2. The van der Waals surface area contributed by atoms with E-state index < -0.39 is 0 Å². The Morgan fingerprint density at radius 2 is 1.07 bits per heavy atom. The molecule has 0 fully saturated rings. The molecule has 0 saturated heterocycles. The second-order valence-corrected chi connectivity index (χ2v) is 9.24. The van der Waals surface area contributed by atoms with E-state index in [1.165, 1.54) is 22.3 Å². The molecule has 0 amide bonds. The number of para-hydroxylation sites is 2. The molecule has 150 valence electrons. The van der Waals surface area contributed by atoms with Crippen molar-refractivity contribution in [3.63, 3.8) is 0 Å². The predicted molar refractivity (Wildman–Crippen MR) is 129 cm³/mol. The van der Waals surface area contributed by atoms with Crippen LogP contribution < -0.4 is 0 Å². The molecule has 2 nitrogen and oxygen atoms in total. The van der Waals surface area contributed by atoms with Crippen LogP contribution in [-0.2, 0) is 0 Å². The third kappa shape index (κ3) is 5.10. The lowest BCUT2D eigenvalue weighted by molar-refractivity contribution is 0.865. The molecule has 1 heterocycles. The smallest absolute Gasteiger partial charge is 0.0693 e. The van der Waals surface area contributed by atoms with Gasteiger partial charge in [0.15, 0.2) is 0 Å². The fraction of sp³-hybridized carbons (Fsp3) is 0.308. The molecule has 0 unspecified atom stereocenters. The number of aliphatic imine (C=N–C) groups is 2. The lowest BCUT2D eigenvalue weighted by Gasteiger charge is -2.11. The molecule has 3 rings (SSSR count). The van der Waals surface area contributed by atoms with Crippen molar-refractivity contribution in [1.29, 1.82) is 0 Å². The number of thiophene rings is 1. The third-order valence-electron chi connectivity index (χ3n) is 5.07. The van der Waals surface area contributed by atoms with Gasteiger partial charge >= 0.3 is 0 Å². The van der Waals surface area contributed by atoms with Crippen LogP contribution in [-0.4, -0.2) is 12.4 Å². The standard InChI is InChI=1S/C26H30N2S/c1-17(2)23-11-7-9-19(5)25(23)27-15-21-13-14-22(29-21)16-28-26-20(6)10-8-12-24(26)18(3)4/h7-18H,1-6H3. The van der Waals surface area contributed by atoms with Crippen LogP contribution in [0.1, 0.15) is 71.5 Å². The van der Waals surface area contributed by atoms with E-state index >= 15 is 0 Å². The molecule has 0 saturated carbocycles. The van der Waals surface area contributed by atoms with E-state index in [1.54, 1.807) is 11.3 Å². The SMILES string of the molecule is Cc1cccc(C(C)C)c1N=Cc1ccc(C=Nc2c(C)cccc2C(C)C)s1. The number of hydrogen-bond donors (Lipinski definition) is 0. The Balaban J connectivity index is 1.83. The maximum absolute atomic E-state index is 4.82. The average molecular weight is 403 g/mol. The zero-order chi connectivity index (χ0) is 21.0. The van der Waals surface area contributed by atoms with Gasteiger partial charge in [-0.1, -0.05) is 64.1 Å². The Labute approximate surface area is 179 Å². The van der Waals surface area contributed by atoms with E-state index in [-0.39, 0.29) is 0 Å². The fourth-order valence-corrected chi connectivity index (χ4v) is 4.17. The summed E-state index contributed by atoms with van der Waals surface area (Å²) >= 11 is 1.71. The summed E-state index contributed by atoms with van der Waals surface area (Å²) in [6, 6.07) is 17.0. The first-order chi connectivity index (χ1) is 13.9. The summed E-state index contributed by atoms with van der Waals surface area (Å²) in [5, 5.41) is 0. The lowest BCUT2D eigenvalue weighted by atomic mass is 9.98. The summed E-state index contributed by atoms with van der Waals surface area (Å²) in [4.78, 5) is 11.9. The van der Waals surface area contributed by atoms with E-state index in [9.17, 15) is 0 Å². The zero-order valence-corrected chi connectivity index (χ0v) is 19.0. The third-order valence-corrected chi connectivity index (χ3v) is 6.03. The Hall–Kier alpha value is -2.52. The minimum atomic E-state index is 0.456. The van der Waals surface area contributed by atoms with E-state index in [1.807, 2.05) is 12.4 Å². The van der Waals surface area contributed by atoms with Gasteiger partial charge < -0.3 is 0 Å². The van der Waals surface area contributed by atoms with E-state index in [0.717, 1.165) is 21.1 Å². The highest BCUT2D eigenvalue weighted by molar-refractivity contribution is 7.15. The highest BCUT2D eigenvalue weighted by Gasteiger charge is 2.09. The van der Waals surface area contributed by atoms with Gasteiger partial charge in [0, 0.05) is 22.2 Å². The molecular weight excluding hydrogens is 372 g/mol. The molecule has 3 aromatic rings. The normalized spacial score (nSPS) is 12.1. The van der Waals surface area contributed by atoms with Gasteiger partial charge in [0.1, 0.15) is 0 Å². The maximum atomic E-state index is 4.82. The van der Waals surface area contributed by atoms with Crippen molar-refractivity contribution in [2.45, 2.75) is 53.4 Å². The largest absolute Gasteiger partial charge is 0.255 e. The quantitative estimate of drug-likeness (QED) is 0.372. The van der Waals surface area contributed by atoms with Crippen LogP contribution in [0.3, 0.4) is 0 Å². The Bertz CT molecular complexity index is 957. The van der Waals surface area contributed by atoms with Crippen LogP contribution in [0.15, 0.2) is 58.5 Å². The first kappa shape index (κ1) is 21.2. The summed E-state index contributed by atoms with van der Waals surface area (Å²) in [6.45, 7) is 13.1. The van der Waals surface area contributed by atoms with Crippen molar-refractivity contribution >= 4 is 35.1 Å². The molecular formula is C26H30N2S. The molecule has 0 atom stereocenters. The molecule has 0 aliphatic carbocycles. The van der Waals surface area contributed by atoms with E-state index in [0.29, 0.717) is 11.8 Å². The molecule has 3 heteroatoms. The molecule has 0 N–H and O–H groups in total. The first-order valence-corrected chi connectivity index (χ1v) is 11.1. The van der Waals surface area contributed by atoms with Crippen LogP contribution in [0.25, 0.3) is 0 Å². The topological polar surface area (TPSA) is 24.7 Å². The van der Waals surface area contributed by atoms with Gasteiger partial charge in [0.05, 0.1) is 11.4 Å². The number of aryl methyl sites for hydroxylation is 2. The average Bonchev–Trinajstić information content (AvgIpc) is 3.13. The van der Waals surface area contributed by atoms with Crippen LogP contribution in [0.4, 0.5) is 11.4 Å². The number of rotatable bonds is 6. The van der Waals surface area contributed by atoms with Crippen molar-refractivity contribution in [1.82, 2.24) is 0 Å². The van der Waals surface area contributed by atoms with Crippen LogP contribution in [0.5, 0.6) is 0 Å². The van der Waals surface area contributed by atoms with Crippen molar-refractivity contribution in [3.05, 3.63) is 80.5 Å². The fourth-order valence-electron chi connectivity index (χ4n) is 3.41. The van der Waals surface area contributed by atoms with E-state index in [2.05, 4.69) is 90.1 Å². The minimum Gasteiger partial charge on any atom is -0.255 e. The molecule has 0 aliphatic heterocycles. The highest BCUT2D eigenvalue weighted by atomic mass is 32.1. The summed E-state index contributed by atoms with van der Waals surface area (Å²) in [5.41, 5.74) is 7.19. The zero-order valence-electron chi connectivity index (χ0n) is 18.2. The predicted octanol–water partition coefficient (Wildman–Crippen LogP) is 8.11. The lowest BCUT2D eigenvalue weighted by Crippen LogP contribution is -1.90. The van der Waals surface area contributed by atoms with Gasteiger partial charge in [-0.3, -0.25) is 9.98 Å². The molecule has 0 radical (unpaired) electrons. The van der Waals surface area contributed by atoms with Crippen molar-refractivity contribution in [3.8, 4) is 0 Å². The number of nitrogens with zero attached hydrogens (tertiary/aromatic N) is 2. The van der Waals surface area contributed by atoms with Gasteiger partial charge in [-0.05, 0) is 60.1 Å². The van der Waals surface area contributed by atoms with Gasteiger partial charge in [0.25, 0.3) is 0 Å². The summed E-state index contributed by atoms with van der Waals surface area (Å²) in [7, 11) is 0. The van der Waals surface area contributed by atoms with Crippen LogP contribution in [0.2, 0.25) is 0 Å². The van der Waals surface area contributed by atoms with Crippen molar-refractivity contribution in [2.75, 3.05) is 0 Å². The molecule has 1 aromatic heterocycles. The summed E-state index contributed by atoms with van der Waals surface area (Å²) in [5.74, 6) is 0.912. The van der Waals surface area contributed by atoms with Crippen LogP contribution in [0, 0.1) is 13.8 Å². The molecule has 29 heavy (non-hydrogen) atoms. The molecule has 0 spiro atoms. The first-order valence-electron chi connectivity index (χ1n) is 10.2. The van der Waals surface area contributed by atoms with Gasteiger partial charge in [-0.2, -0.15) is 0 Å². The second-order valence-electron chi connectivity index (χ2n) is 8.09. The molecule has 0 aliphatic rings. The summed E-state index contributed by atoms with van der Waals surface area (Å²) in [6.07, 6.45) is 3.95.